The zero-order valence-corrected chi connectivity index (χ0v) is 17.3. The predicted molar refractivity (Wildman–Crippen MR) is 114 cm³/mol. The van der Waals surface area contributed by atoms with Crippen LogP contribution in [-0.2, 0) is 0 Å². The number of amides is 2. The van der Waals surface area contributed by atoms with Crippen LogP contribution in [0.25, 0.3) is 0 Å². The maximum atomic E-state index is 13.1. The minimum Gasteiger partial charge on any atom is -0.422 e. The van der Waals surface area contributed by atoms with Gasteiger partial charge in [-0.3, -0.25) is 9.59 Å². The highest BCUT2D eigenvalue weighted by molar-refractivity contribution is 6.35. The zero-order valence-electron chi connectivity index (χ0n) is 17.3. The molecule has 30 heavy (non-hydrogen) atoms. The number of benzene rings is 3. The minimum atomic E-state index is -0.569. The third-order valence-corrected chi connectivity index (χ3v) is 5.33. The largest absolute Gasteiger partial charge is 0.422 e. The van der Waals surface area contributed by atoms with Crippen LogP contribution in [-0.4, -0.2) is 17.8 Å². The van der Waals surface area contributed by atoms with Crippen LogP contribution in [0.1, 0.15) is 53.3 Å². The van der Waals surface area contributed by atoms with Gasteiger partial charge in [-0.2, -0.15) is 0 Å². The highest BCUT2D eigenvalue weighted by atomic mass is 16.5. The molecule has 0 N–H and O–H groups in total. The first-order valence-corrected chi connectivity index (χ1v) is 9.66. The van der Waals surface area contributed by atoms with E-state index in [-0.39, 0.29) is 16.7 Å². The first-order valence-electron chi connectivity index (χ1n) is 9.66. The topological polar surface area (TPSA) is 63.7 Å². The van der Waals surface area contributed by atoms with E-state index >= 15 is 0 Å². The van der Waals surface area contributed by atoms with E-state index in [0.717, 1.165) is 22.3 Å². The number of hydrogen-bond donors (Lipinski definition) is 0. The smallest absolute Gasteiger partial charge is 0.343 e. The van der Waals surface area contributed by atoms with Gasteiger partial charge in [0.15, 0.2) is 0 Å². The van der Waals surface area contributed by atoms with Crippen molar-refractivity contribution in [2.45, 2.75) is 27.7 Å². The summed E-state index contributed by atoms with van der Waals surface area (Å²) in [6.45, 7) is 7.49. The van der Waals surface area contributed by atoms with Gasteiger partial charge in [0.05, 0.1) is 22.4 Å². The Morgan fingerprint density at radius 2 is 1.43 bits per heavy atom. The van der Waals surface area contributed by atoms with Crippen molar-refractivity contribution < 1.29 is 19.1 Å². The number of carbonyl (C=O) groups is 3. The summed E-state index contributed by atoms with van der Waals surface area (Å²) in [5.41, 5.74) is 4.73. The fraction of sp³-hybridized carbons (Fsp3) is 0.160. The monoisotopic (exact) mass is 399 g/mol. The maximum Gasteiger partial charge on any atom is 0.343 e. The molecule has 0 radical (unpaired) electrons. The Bertz CT molecular complexity index is 1210. The number of carbonyl (C=O) groups excluding carboxylic acids is 3. The highest BCUT2D eigenvalue weighted by Gasteiger charge is 2.38. The van der Waals surface area contributed by atoms with Crippen molar-refractivity contribution in [3.05, 3.63) is 93.5 Å². The lowest BCUT2D eigenvalue weighted by Gasteiger charge is -2.17. The lowest BCUT2D eigenvalue weighted by atomic mass is 10.1. The van der Waals surface area contributed by atoms with Crippen LogP contribution in [0.3, 0.4) is 0 Å². The number of aryl methyl sites for hydroxylation is 4. The summed E-state index contributed by atoms with van der Waals surface area (Å²) in [5, 5.41) is 0. The fourth-order valence-corrected chi connectivity index (χ4v) is 3.66. The molecule has 0 unspecified atom stereocenters. The van der Waals surface area contributed by atoms with E-state index in [9.17, 15) is 14.4 Å². The van der Waals surface area contributed by atoms with Crippen molar-refractivity contribution in [1.29, 1.82) is 0 Å². The number of ether oxygens (including phenoxy) is 1. The molecule has 1 heterocycles. The van der Waals surface area contributed by atoms with E-state index in [2.05, 4.69) is 0 Å². The van der Waals surface area contributed by atoms with Crippen LogP contribution < -0.4 is 9.64 Å². The summed E-state index contributed by atoms with van der Waals surface area (Å²) in [4.78, 5) is 39.9. The number of fused-ring (bicyclic) bond motifs is 1. The quantitative estimate of drug-likeness (QED) is 0.355. The van der Waals surface area contributed by atoms with Crippen LogP contribution in [0.15, 0.2) is 54.6 Å². The number of anilines is 1. The van der Waals surface area contributed by atoms with Crippen molar-refractivity contribution in [3.8, 4) is 5.75 Å². The van der Waals surface area contributed by atoms with Crippen molar-refractivity contribution >= 4 is 23.5 Å². The first-order chi connectivity index (χ1) is 14.3. The standard InChI is InChI=1S/C25H21NO4/c1-14-8-9-15(2)21(12-14)26-23(27)19-11-10-18(13-20(19)24(26)28)25(29)30-22-16(3)6-5-7-17(22)4/h5-13H,1-4H3. The van der Waals surface area contributed by atoms with Gasteiger partial charge in [-0.05, 0) is 74.2 Å². The molecule has 3 aromatic rings. The molecule has 2 amide bonds. The molecular formula is C25H21NO4. The second-order valence-corrected chi connectivity index (χ2v) is 7.61. The van der Waals surface area contributed by atoms with Gasteiger partial charge in [0, 0.05) is 0 Å². The van der Waals surface area contributed by atoms with E-state index in [1.165, 1.54) is 23.1 Å². The Labute approximate surface area is 174 Å². The molecule has 150 valence electrons. The molecule has 0 aliphatic carbocycles. The normalized spacial score (nSPS) is 12.9. The maximum absolute atomic E-state index is 13.1. The van der Waals surface area contributed by atoms with Crippen molar-refractivity contribution in [3.63, 3.8) is 0 Å². The molecule has 4 rings (SSSR count). The average molecular weight is 399 g/mol. The summed E-state index contributed by atoms with van der Waals surface area (Å²) in [7, 11) is 0. The summed E-state index contributed by atoms with van der Waals surface area (Å²) in [5.74, 6) is -0.896. The lowest BCUT2D eigenvalue weighted by molar-refractivity contribution is 0.0731. The highest BCUT2D eigenvalue weighted by Crippen LogP contribution is 2.32. The summed E-state index contributed by atoms with van der Waals surface area (Å²) in [6.07, 6.45) is 0. The number of esters is 1. The third-order valence-electron chi connectivity index (χ3n) is 5.33. The summed E-state index contributed by atoms with van der Waals surface area (Å²) >= 11 is 0. The van der Waals surface area contributed by atoms with E-state index in [1.807, 2.05) is 64.1 Å². The minimum absolute atomic E-state index is 0.205. The molecule has 0 saturated carbocycles. The van der Waals surface area contributed by atoms with E-state index in [1.54, 1.807) is 0 Å². The van der Waals surface area contributed by atoms with Crippen LogP contribution in [0.4, 0.5) is 5.69 Å². The average Bonchev–Trinajstić information content (AvgIpc) is 2.96. The van der Waals surface area contributed by atoms with E-state index in [0.29, 0.717) is 11.4 Å². The van der Waals surface area contributed by atoms with Crippen molar-refractivity contribution in [2.75, 3.05) is 4.90 Å². The van der Waals surface area contributed by atoms with E-state index < -0.39 is 17.8 Å². The molecule has 0 bridgehead atoms. The molecule has 5 nitrogen and oxygen atoms in total. The summed E-state index contributed by atoms with van der Waals surface area (Å²) < 4.78 is 5.58. The Balaban J connectivity index is 1.68. The molecule has 3 aromatic carbocycles. The Morgan fingerprint density at radius 1 is 0.767 bits per heavy atom. The van der Waals surface area contributed by atoms with Crippen molar-refractivity contribution in [1.82, 2.24) is 0 Å². The van der Waals surface area contributed by atoms with Gasteiger partial charge in [0.2, 0.25) is 0 Å². The number of rotatable bonds is 3. The van der Waals surface area contributed by atoms with Crippen LogP contribution >= 0.6 is 0 Å². The van der Waals surface area contributed by atoms with Gasteiger partial charge in [0.1, 0.15) is 5.75 Å². The van der Waals surface area contributed by atoms with Crippen LogP contribution in [0.2, 0.25) is 0 Å². The number of para-hydroxylation sites is 1. The van der Waals surface area contributed by atoms with Gasteiger partial charge in [-0.1, -0.05) is 30.3 Å². The van der Waals surface area contributed by atoms with Gasteiger partial charge >= 0.3 is 5.97 Å². The van der Waals surface area contributed by atoms with Crippen LogP contribution in [0.5, 0.6) is 5.75 Å². The van der Waals surface area contributed by atoms with Gasteiger partial charge in [-0.25, -0.2) is 9.69 Å². The summed E-state index contributed by atoms with van der Waals surface area (Å²) in [6, 6.07) is 15.7. The fourth-order valence-electron chi connectivity index (χ4n) is 3.66. The second kappa shape index (κ2) is 7.26. The third kappa shape index (κ3) is 3.18. The van der Waals surface area contributed by atoms with Gasteiger partial charge in [-0.15, -0.1) is 0 Å². The van der Waals surface area contributed by atoms with Crippen LogP contribution in [0, 0.1) is 27.7 Å². The molecule has 0 atom stereocenters. The second-order valence-electron chi connectivity index (χ2n) is 7.61. The SMILES string of the molecule is Cc1ccc(C)c(N2C(=O)c3ccc(C(=O)Oc4c(C)cccc4C)cc3C2=O)c1. The Kier molecular flexibility index (Phi) is 4.74. The predicted octanol–water partition coefficient (Wildman–Crippen LogP) is 4.94. The van der Waals surface area contributed by atoms with E-state index in [4.69, 9.17) is 4.74 Å². The van der Waals surface area contributed by atoms with Gasteiger partial charge < -0.3 is 4.74 Å². The molecular weight excluding hydrogens is 378 g/mol. The molecule has 5 heteroatoms. The molecule has 0 saturated heterocycles. The molecule has 1 aliphatic heterocycles. The molecule has 1 aliphatic rings. The lowest BCUT2D eigenvalue weighted by Crippen LogP contribution is -2.30. The zero-order chi connectivity index (χ0) is 21.6. The number of nitrogens with zero attached hydrogens (tertiary/aromatic N) is 1. The Hall–Kier alpha value is -3.73. The van der Waals surface area contributed by atoms with Gasteiger partial charge in [0.25, 0.3) is 11.8 Å². The molecule has 0 fully saturated rings. The first kappa shape index (κ1) is 19.6. The number of hydrogen-bond acceptors (Lipinski definition) is 4. The Morgan fingerprint density at radius 3 is 2.13 bits per heavy atom. The van der Waals surface area contributed by atoms with Crippen molar-refractivity contribution in [2.24, 2.45) is 0 Å². The molecule has 0 spiro atoms. The molecule has 0 aromatic heterocycles. The number of imide groups is 1.